The summed E-state index contributed by atoms with van der Waals surface area (Å²) in [6.07, 6.45) is 4.63. The van der Waals surface area contributed by atoms with Crippen molar-refractivity contribution in [3.05, 3.63) is 11.6 Å². The van der Waals surface area contributed by atoms with Gasteiger partial charge in [0, 0.05) is 39.3 Å². The van der Waals surface area contributed by atoms with Crippen molar-refractivity contribution in [1.82, 2.24) is 24.4 Å². The molecule has 4 aliphatic carbocycles. The molecule has 5 atom stereocenters. The Labute approximate surface area is 220 Å². The highest BCUT2D eigenvalue weighted by Crippen LogP contribution is 2.68. The molecule has 4 saturated carbocycles. The van der Waals surface area contributed by atoms with E-state index in [1.54, 1.807) is 30.0 Å². The Kier molecular flexibility index (Phi) is 6.55. The quantitative estimate of drug-likeness (QED) is 0.346. The predicted molar refractivity (Wildman–Crippen MR) is 135 cm³/mol. The van der Waals surface area contributed by atoms with E-state index in [1.165, 1.54) is 25.7 Å². The van der Waals surface area contributed by atoms with Crippen molar-refractivity contribution in [3.8, 4) is 0 Å². The molecule has 12 heteroatoms. The van der Waals surface area contributed by atoms with Gasteiger partial charge in [0.2, 0.25) is 11.2 Å². The first-order valence-corrected chi connectivity index (χ1v) is 13.6. The molecule has 6 rings (SSSR count). The SMILES string of the molecule is COCCN(CCOC)C(=O)[C@@]12C[C@@H]1[C@@H](n1cnc3c(NC(C4CC4)C4CC4)nc(Cl)nc31)[C@H](O)[C@@H]2O. The van der Waals surface area contributed by atoms with E-state index in [1.807, 2.05) is 0 Å². The van der Waals surface area contributed by atoms with Gasteiger partial charge in [-0.05, 0) is 55.5 Å². The summed E-state index contributed by atoms with van der Waals surface area (Å²) < 4.78 is 12.1. The fourth-order valence-corrected chi connectivity index (χ4v) is 6.61. The zero-order chi connectivity index (χ0) is 25.9. The molecule has 4 fully saturated rings. The molecule has 2 aromatic heterocycles. The van der Waals surface area contributed by atoms with Crippen LogP contribution in [0.5, 0.6) is 0 Å². The molecular formula is C25H35ClN6O5. The highest BCUT2D eigenvalue weighted by molar-refractivity contribution is 6.28. The number of methoxy groups -OCH3 is 2. The number of aliphatic hydroxyl groups is 2. The van der Waals surface area contributed by atoms with Gasteiger partial charge in [-0.15, -0.1) is 0 Å². The molecule has 11 nitrogen and oxygen atoms in total. The number of carbonyl (C=O) groups excluding carboxylic acids is 1. The lowest BCUT2D eigenvalue weighted by atomic mass is 9.97. The number of carbonyl (C=O) groups is 1. The van der Waals surface area contributed by atoms with Crippen molar-refractivity contribution in [2.75, 3.05) is 45.8 Å². The first kappa shape index (κ1) is 25.2. The number of hydrogen-bond donors (Lipinski definition) is 3. The maximum atomic E-state index is 13.7. The van der Waals surface area contributed by atoms with Crippen LogP contribution in [0.4, 0.5) is 5.82 Å². The van der Waals surface area contributed by atoms with Crippen LogP contribution >= 0.6 is 11.6 Å². The maximum Gasteiger partial charge on any atom is 0.232 e. The highest BCUT2D eigenvalue weighted by Gasteiger charge is 2.76. The average molecular weight is 535 g/mol. The molecule has 0 aromatic carbocycles. The molecular weight excluding hydrogens is 500 g/mol. The van der Waals surface area contributed by atoms with Crippen molar-refractivity contribution >= 4 is 34.5 Å². The van der Waals surface area contributed by atoms with Gasteiger partial charge in [-0.3, -0.25) is 4.79 Å². The number of fused-ring (bicyclic) bond motifs is 2. The largest absolute Gasteiger partial charge is 0.389 e. The standard InChI is InChI=1S/C25H35ClN6O5/c1-36-9-7-31(8-10-37-2)23(35)25-11-15(25)18(19(33)20(25)34)32-12-27-17-21(29-24(26)30-22(17)32)28-16(13-3-4-13)14-5-6-14/h12-16,18-20,33-34H,3-11H2,1-2H3,(H,28,29,30)/t15-,18-,19+,20+,25+/m1/s1. The number of ether oxygens (including phenoxy) is 2. The third kappa shape index (κ3) is 4.28. The number of amides is 1. The lowest BCUT2D eigenvalue weighted by Gasteiger charge is -2.29. The lowest BCUT2D eigenvalue weighted by molar-refractivity contribution is -0.144. The first-order valence-electron chi connectivity index (χ1n) is 13.2. The van der Waals surface area contributed by atoms with Gasteiger partial charge in [-0.25, -0.2) is 4.98 Å². The van der Waals surface area contributed by atoms with Crippen LogP contribution < -0.4 is 5.32 Å². The predicted octanol–water partition coefficient (Wildman–Crippen LogP) is 1.48. The zero-order valence-electron chi connectivity index (χ0n) is 21.2. The minimum absolute atomic E-state index is 0.0959. The molecule has 4 aliphatic rings. The van der Waals surface area contributed by atoms with Gasteiger partial charge in [0.15, 0.2) is 17.0 Å². The molecule has 1 amide bonds. The summed E-state index contributed by atoms with van der Waals surface area (Å²) in [5.74, 6) is 1.47. The fraction of sp³-hybridized carbons (Fsp3) is 0.760. The number of halogens is 1. The molecule has 0 saturated heterocycles. The van der Waals surface area contributed by atoms with Gasteiger partial charge in [-0.1, -0.05) is 0 Å². The van der Waals surface area contributed by atoms with Crippen LogP contribution in [0, 0.1) is 23.2 Å². The summed E-state index contributed by atoms with van der Waals surface area (Å²) in [5.41, 5.74) is 0.0295. The van der Waals surface area contributed by atoms with E-state index in [9.17, 15) is 15.0 Å². The Morgan fingerprint density at radius 1 is 1.19 bits per heavy atom. The van der Waals surface area contributed by atoms with Crippen molar-refractivity contribution in [2.24, 2.45) is 23.2 Å². The van der Waals surface area contributed by atoms with E-state index in [0.717, 1.165) is 0 Å². The number of aromatic nitrogens is 4. The average Bonchev–Trinajstić information content (AvgIpc) is 3.78. The Hall–Kier alpha value is -2.05. The first-order chi connectivity index (χ1) is 17.9. The number of anilines is 1. The number of rotatable bonds is 12. The van der Waals surface area contributed by atoms with Crippen LogP contribution in [0.2, 0.25) is 5.28 Å². The van der Waals surface area contributed by atoms with Crippen LogP contribution in [0.3, 0.4) is 0 Å². The second-order valence-corrected chi connectivity index (χ2v) is 11.4. The minimum Gasteiger partial charge on any atom is -0.389 e. The molecule has 0 radical (unpaired) electrons. The van der Waals surface area contributed by atoms with Gasteiger partial charge in [-0.2, -0.15) is 9.97 Å². The van der Waals surface area contributed by atoms with Gasteiger partial charge >= 0.3 is 0 Å². The van der Waals surface area contributed by atoms with Gasteiger partial charge in [0.1, 0.15) is 6.10 Å². The summed E-state index contributed by atoms with van der Waals surface area (Å²) in [6, 6.07) is -0.200. The van der Waals surface area contributed by atoms with Crippen molar-refractivity contribution in [2.45, 2.75) is 56.4 Å². The molecule has 0 aliphatic heterocycles. The number of nitrogens with one attached hydrogen (secondary N) is 1. The number of aliphatic hydroxyl groups excluding tert-OH is 2. The molecule has 0 bridgehead atoms. The molecule has 3 N–H and O–H groups in total. The third-order valence-electron chi connectivity index (χ3n) is 8.77. The molecule has 2 heterocycles. The third-order valence-corrected chi connectivity index (χ3v) is 8.94. The van der Waals surface area contributed by atoms with E-state index in [4.69, 9.17) is 21.1 Å². The number of imidazole rings is 1. The van der Waals surface area contributed by atoms with E-state index in [-0.39, 0.29) is 17.1 Å². The van der Waals surface area contributed by atoms with Crippen LogP contribution in [0.1, 0.15) is 38.1 Å². The fourth-order valence-electron chi connectivity index (χ4n) is 6.44. The molecule has 37 heavy (non-hydrogen) atoms. The van der Waals surface area contributed by atoms with Crippen molar-refractivity contribution in [1.29, 1.82) is 0 Å². The summed E-state index contributed by atoms with van der Waals surface area (Å²) in [7, 11) is 3.17. The zero-order valence-corrected chi connectivity index (χ0v) is 22.0. The molecule has 0 spiro atoms. The summed E-state index contributed by atoms with van der Waals surface area (Å²) in [6.45, 7) is 1.52. The highest BCUT2D eigenvalue weighted by atomic mass is 35.5. The molecule has 202 valence electrons. The van der Waals surface area contributed by atoms with E-state index >= 15 is 0 Å². The Morgan fingerprint density at radius 2 is 1.84 bits per heavy atom. The van der Waals surface area contributed by atoms with Gasteiger partial charge in [0.05, 0.1) is 37.1 Å². The summed E-state index contributed by atoms with van der Waals surface area (Å²) >= 11 is 6.36. The monoisotopic (exact) mass is 534 g/mol. The Bertz CT molecular complexity index is 1150. The number of hydrogen-bond acceptors (Lipinski definition) is 9. The van der Waals surface area contributed by atoms with Crippen LogP contribution in [-0.2, 0) is 14.3 Å². The Balaban J connectivity index is 1.29. The van der Waals surface area contributed by atoms with E-state index in [0.29, 0.717) is 67.6 Å². The van der Waals surface area contributed by atoms with Crippen molar-refractivity contribution in [3.63, 3.8) is 0 Å². The van der Waals surface area contributed by atoms with Gasteiger partial charge < -0.3 is 34.5 Å². The molecule has 0 unspecified atom stereocenters. The smallest absolute Gasteiger partial charge is 0.232 e. The molecule has 2 aromatic rings. The van der Waals surface area contributed by atoms with Crippen LogP contribution in [0.25, 0.3) is 11.2 Å². The minimum atomic E-state index is -1.20. The van der Waals surface area contributed by atoms with E-state index < -0.39 is 23.7 Å². The maximum absolute atomic E-state index is 13.7. The summed E-state index contributed by atoms with van der Waals surface area (Å²) in [4.78, 5) is 28.9. The van der Waals surface area contributed by atoms with E-state index in [2.05, 4.69) is 20.3 Å². The Morgan fingerprint density at radius 3 is 2.43 bits per heavy atom. The number of nitrogens with zero attached hydrogens (tertiary/aromatic N) is 5. The van der Waals surface area contributed by atoms with Crippen molar-refractivity contribution < 1.29 is 24.5 Å². The summed E-state index contributed by atoms with van der Waals surface area (Å²) in [5, 5.41) is 26.0. The second-order valence-electron chi connectivity index (χ2n) is 11.1. The normalized spacial score (nSPS) is 30.6. The lowest BCUT2D eigenvalue weighted by Crippen LogP contribution is -2.47. The topological polar surface area (TPSA) is 135 Å². The van der Waals surface area contributed by atoms with Crippen LogP contribution in [-0.4, -0.2) is 99.3 Å². The second kappa shape index (κ2) is 9.60. The van der Waals surface area contributed by atoms with Gasteiger partial charge in [0.25, 0.3) is 0 Å². The van der Waals surface area contributed by atoms with Crippen LogP contribution in [0.15, 0.2) is 6.33 Å².